The van der Waals surface area contributed by atoms with Crippen LogP contribution in [0.5, 0.6) is 0 Å². The van der Waals surface area contributed by atoms with Crippen LogP contribution in [-0.2, 0) is 4.84 Å². The number of hydroxylamine groups is 1. The molecule has 0 aliphatic rings. The van der Waals surface area contributed by atoms with E-state index in [4.69, 9.17) is 28.0 Å². The first-order valence-corrected chi connectivity index (χ1v) is 8.27. The summed E-state index contributed by atoms with van der Waals surface area (Å²) in [6.45, 7) is 1.70. The van der Waals surface area contributed by atoms with Crippen LogP contribution in [0.3, 0.4) is 0 Å². The number of rotatable bonds is 7. The highest BCUT2D eigenvalue weighted by atomic mass is 35.5. The first-order valence-electron chi connectivity index (χ1n) is 6.25. The number of thioether (sulfide) groups is 1. The van der Waals surface area contributed by atoms with Crippen molar-refractivity contribution >= 4 is 40.9 Å². The maximum absolute atomic E-state index is 12.0. The van der Waals surface area contributed by atoms with E-state index in [1.807, 2.05) is 6.07 Å². The second-order valence-electron chi connectivity index (χ2n) is 4.20. The molecule has 2 atom stereocenters. The molecule has 2 rings (SSSR count). The number of aromatic nitrogens is 2. The Morgan fingerprint density at radius 1 is 1.41 bits per heavy atom. The third kappa shape index (κ3) is 4.36. The summed E-state index contributed by atoms with van der Waals surface area (Å²) in [4.78, 5) is 17.4. The number of alkyl halides is 2. The number of hydrogen-bond acceptors (Lipinski definition) is 6. The average molecular weight is 362 g/mol. The molecule has 0 radical (unpaired) electrons. The van der Waals surface area contributed by atoms with Gasteiger partial charge in [0.2, 0.25) is 0 Å². The highest BCUT2D eigenvalue weighted by Crippen LogP contribution is 2.33. The number of nitrogens with one attached hydrogen (secondary N) is 1. The third-order valence-electron chi connectivity index (χ3n) is 2.73. The van der Waals surface area contributed by atoms with Gasteiger partial charge in [-0.25, -0.2) is 10.1 Å². The van der Waals surface area contributed by atoms with E-state index in [-0.39, 0.29) is 11.1 Å². The minimum atomic E-state index is -0.746. The van der Waals surface area contributed by atoms with Crippen molar-refractivity contribution in [1.29, 1.82) is 0 Å². The summed E-state index contributed by atoms with van der Waals surface area (Å²) >= 11 is 13.1. The second-order valence-corrected chi connectivity index (χ2v) is 6.64. The average Bonchev–Trinajstić information content (AvgIpc) is 2.94. The first kappa shape index (κ1) is 17.1. The van der Waals surface area contributed by atoms with Crippen LogP contribution in [0.4, 0.5) is 0 Å². The molecule has 1 amide bonds. The summed E-state index contributed by atoms with van der Waals surface area (Å²) in [6.07, 6.45) is -0.746. The predicted octanol–water partition coefficient (Wildman–Crippen LogP) is 3.28. The summed E-state index contributed by atoms with van der Waals surface area (Å²) in [5, 5.41) is 7.72. The molecule has 0 fully saturated rings. The standard InChI is InChI=1S/C13H13Cl2N3O3S/c1-8-10(17-21-16-8)11(12(15)22-7-14)20-18-13(19)9-5-3-2-4-6-9/h2-6,11-12H,7H2,1H3,(H,18,19). The minimum Gasteiger partial charge on any atom is -0.267 e. The minimum absolute atomic E-state index is 0.269. The Morgan fingerprint density at radius 2 is 2.14 bits per heavy atom. The molecule has 0 saturated heterocycles. The molecule has 2 aromatic rings. The van der Waals surface area contributed by atoms with Crippen LogP contribution in [0.15, 0.2) is 35.0 Å². The summed E-state index contributed by atoms with van der Waals surface area (Å²) in [6, 6.07) is 8.67. The van der Waals surface area contributed by atoms with Gasteiger partial charge in [0, 0.05) is 5.56 Å². The van der Waals surface area contributed by atoms with Crippen molar-refractivity contribution < 1.29 is 14.3 Å². The molecule has 0 saturated carbocycles. The molecule has 6 nitrogen and oxygen atoms in total. The molecular formula is C13H13Cl2N3O3S. The molecule has 9 heteroatoms. The van der Waals surface area contributed by atoms with Crippen molar-refractivity contribution in [3.63, 3.8) is 0 Å². The Morgan fingerprint density at radius 3 is 2.73 bits per heavy atom. The number of nitrogens with zero attached hydrogens (tertiary/aromatic N) is 2. The van der Waals surface area contributed by atoms with Gasteiger partial charge in [-0.2, -0.15) is 0 Å². The molecule has 0 aliphatic carbocycles. The highest BCUT2D eigenvalue weighted by Gasteiger charge is 2.29. The van der Waals surface area contributed by atoms with Gasteiger partial charge in [-0.05, 0) is 19.1 Å². The first-order chi connectivity index (χ1) is 10.6. The normalized spacial score (nSPS) is 13.6. The van der Waals surface area contributed by atoms with E-state index in [2.05, 4.69) is 20.4 Å². The third-order valence-corrected chi connectivity index (χ3v) is 4.41. The zero-order valence-corrected chi connectivity index (χ0v) is 13.9. The largest absolute Gasteiger partial charge is 0.274 e. The number of halogens is 2. The Bertz CT molecular complexity index is 612. The SMILES string of the molecule is Cc1nonc1C(ONC(=O)c1ccccc1)C(Cl)SCCl. The van der Waals surface area contributed by atoms with Crippen LogP contribution in [-0.4, -0.2) is 26.1 Å². The van der Waals surface area contributed by atoms with E-state index >= 15 is 0 Å². The molecule has 1 N–H and O–H groups in total. The molecular weight excluding hydrogens is 349 g/mol. The highest BCUT2D eigenvalue weighted by molar-refractivity contribution is 8.02. The summed E-state index contributed by atoms with van der Waals surface area (Å²) in [5.41, 5.74) is 3.77. The molecule has 1 heterocycles. The van der Waals surface area contributed by atoms with Crippen LogP contribution in [0, 0.1) is 6.92 Å². The number of benzene rings is 1. The van der Waals surface area contributed by atoms with Crippen molar-refractivity contribution in [2.75, 3.05) is 5.21 Å². The molecule has 2 unspecified atom stereocenters. The van der Waals surface area contributed by atoms with E-state index in [1.165, 1.54) is 11.8 Å². The van der Waals surface area contributed by atoms with E-state index in [1.54, 1.807) is 31.2 Å². The van der Waals surface area contributed by atoms with Gasteiger partial charge in [-0.1, -0.05) is 28.5 Å². The van der Waals surface area contributed by atoms with E-state index in [0.717, 1.165) is 0 Å². The zero-order valence-electron chi connectivity index (χ0n) is 11.5. The molecule has 118 valence electrons. The molecule has 1 aromatic carbocycles. The lowest BCUT2D eigenvalue weighted by Gasteiger charge is -2.19. The Balaban J connectivity index is 2.07. The monoisotopic (exact) mass is 361 g/mol. The fourth-order valence-electron chi connectivity index (χ4n) is 1.64. The van der Waals surface area contributed by atoms with Crippen LogP contribution in [0.1, 0.15) is 27.8 Å². The predicted molar refractivity (Wildman–Crippen MR) is 84.7 cm³/mol. The van der Waals surface area contributed by atoms with E-state index < -0.39 is 10.8 Å². The number of hydrogen-bond donors (Lipinski definition) is 1. The Hall–Kier alpha value is -1.28. The summed E-state index contributed by atoms with van der Waals surface area (Å²) in [5.74, 6) is -0.389. The van der Waals surface area contributed by atoms with E-state index in [9.17, 15) is 4.79 Å². The van der Waals surface area contributed by atoms with Gasteiger partial charge in [-0.3, -0.25) is 9.63 Å². The number of amides is 1. The number of carbonyl (C=O) groups is 1. The zero-order chi connectivity index (χ0) is 15.9. The second kappa shape index (κ2) is 8.38. The van der Waals surface area contributed by atoms with Gasteiger partial charge < -0.3 is 0 Å². The van der Waals surface area contributed by atoms with Crippen molar-refractivity contribution in [3.8, 4) is 0 Å². The van der Waals surface area contributed by atoms with Crippen LogP contribution >= 0.6 is 35.0 Å². The Labute approximate surface area is 141 Å². The quantitative estimate of drug-likeness (QED) is 0.602. The van der Waals surface area contributed by atoms with Crippen molar-refractivity contribution in [2.45, 2.75) is 17.7 Å². The molecule has 0 aliphatic heterocycles. The molecule has 0 bridgehead atoms. The lowest BCUT2D eigenvalue weighted by atomic mass is 10.2. The van der Waals surface area contributed by atoms with Gasteiger partial charge in [0.1, 0.15) is 16.1 Å². The van der Waals surface area contributed by atoms with Crippen LogP contribution in [0.2, 0.25) is 0 Å². The summed E-state index contributed by atoms with van der Waals surface area (Å²) < 4.78 is 4.08. The van der Waals surface area contributed by atoms with E-state index in [0.29, 0.717) is 17.0 Å². The molecule has 22 heavy (non-hydrogen) atoms. The van der Waals surface area contributed by atoms with Crippen molar-refractivity contribution in [2.24, 2.45) is 0 Å². The fraction of sp³-hybridized carbons (Fsp3) is 0.308. The lowest BCUT2D eigenvalue weighted by Crippen LogP contribution is -2.29. The number of aryl methyl sites for hydroxylation is 1. The smallest absolute Gasteiger partial charge is 0.267 e. The van der Waals surface area contributed by atoms with Crippen molar-refractivity contribution in [1.82, 2.24) is 15.8 Å². The lowest BCUT2D eigenvalue weighted by molar-refractivity contribution is -0.0138. The molecule has 1 aromatic heterocycles. The van der Waals surface area contributed by atoms with Gasteiger partial charge in [0.05, 0.1) is 5.21 Å². The fourth-order valence-corrected chi connectivity index (χ4v) is 3.08. The number of carbonyl (C=O) groups excluding carboxylic acids is 1. The van der Waals surface area contributed by atoms with Crippen LogP contribution < -0.4 is 5.48 Å². The Kier molecular flexibility index (Phi) is 6.50. The maximum Gasteiger partial charge on any atom is 0.274 e. The topological polar surface area (TPSA) is 77.2 Å². The van der Waals surface area contributed by atoms with Gasteiger partial charge in [0.25, 0.3) is 5.91 Å². The van der Waals surface area contributed by atoms with Crippen LogP contribution in [0.25, 0.3) is 0 Å². The molecule has 0 spiro atoms. The van der Waals surface area contributed by atoms with Gasteiger partial charge in [-0.15, -0.1) is 35.0 Å². The van der Waals surface area contributed by atoms with Gasteiger partial charge in [0.15, 0.2) is 6.10 Å². The maximum atomic E-state index is 12.0. The van der Waals surface area contributed by atoms with Crippen molar-refractivity contribution in [3.05, 3.63) is 47.3 Å². The summed E-state index contributed by atoms with van der Waals surface area (Å²) in [7, 11) is 0. The van der Waals surface area contributed by atoms with Gasteiger partial charge >= 0.3 is 0 Å².